The maximum Gasteiger partial charge on any atom is 0.408 e. The van der Waals surface area contributed by atoms with Crippen molar-refractivity contribution < 1.29 is 13.9 Å². The average molecular weight is 268 g/mol. The zero-order valence-electron chi connectivity index (χ0n) is 11.5. The van der Waals surface area contributed by atoms with Gasteiger partial charge in [0.15, 0.2) is 0 Å². The number of hydrogen-bond acceptors (Lipinski definition) is 3. The molecular weight excluding hydrogens is 247 g/mol. The Morgan fingerprint density at radius 3 is 2.42 bits per heavy atom. The number of hydrogen-bond donors (Lipinski definition) is 2. The van der Waals surface area contributed by atoms with Crippen LogP contribution >= 0.6 is 0 Å². The van der Waals surface area contributed by atoms with Crippen LogP contribution in [0.15, 0.2) is 30.3 Å². The Morgan fingerprint density at radius 2 is 1.95 bits per heavy atom. The van der Waals surface area contributed by atoms with Gasteiger partial charge in [-0.25, -0.2) is 9.18 Å². The first kappa shape index (κ1) is 15.4. The van der Waals surface area contributed by atoms with Gasteiger partial charge in [-0.3, -0.25) is 0 Å². The van der Waals surface area contributed by atoms with Gasteiger partial charge in [0.25, 0.3) is 0 Å². The van der Waals surface area contributed by atoms with Crippen molar-refractivity contribution in [3.8, 4) is 0 Å². The van der Waals surface area contributed by atoms with Gasteiger partial charge in [0, 0.05) is 6.54 Å². The van der Waals surface area contributed by atoms with Crippen molar-refractivity contribution in [2.75, 3.05) is 6.54 Å². The van der Waals surface area contributed by atoms with Gasteiger partial charge in [-0.05, 0) is 26.3 Å². The molecule has 1 rings (SSSR count). The van der Waals surface area contributed by atoms with Gasteiger partial charge in [-0.1, -0.05) is 30.3 Å². The molecule has 106 valence electrons. The first-order valence-corrected chi connectivity index (χ1v) is 6.22. The van der Waals surface area contributed by atoms with E-state index in [1.165, 1.54) is 0 Å². The SMILES string of the molecule is CC(C)(C)OC(=O)NC(CN)C(F)c1ccccc1. The van der Waals surface area contributed by atoms with Gasteiger partial charge < -0.3 is 15.8 Å². The van der Waals surface area contributed by atoms with Crippen LogP contribution in [-0.4, -0.2) is 24.3 Å². The zero-order valence-corrected chi connectivity index (χ0v) is 11.5. The van der Waals surface area contributed by atoms with Crippen molar-refractivity contribution >= 4 is 6.09 Å². The molecular formula is C14H21FN2O2. The Hall–Kier alpha value is -1.62. The molecule has 1 amide bonds. The lowest BCUT2D eigenvalue weighted by Gasteiger charge is -2.25. The Labute approximate surface area is 113 Å². The number of carbonyl (C=O) groups excluding carboxylic acids is 1. The fraction of sp³-hybridized carbons (Fsp3) is 0.500. The van der Waals surface area contributed by atoms with Crippen LogP contribution in [0.25, 0.3) is 0 Å². The molecule has 0 aliphatic heterocycles. The zero-order chi connectivity index (χ0) is 14.5. The number of halogens is 1. The summed E-state index contributed by atoms with van der Waals surface area (Å²) in [7, 11) is 0. The number of rotatable bonds is 4. The lowest BCUT2D eigenvalue weighted by atomic mass is 10.0. The lowest BCUT2D eigenvalue weighted by Crippen LogP contribution is -2.45. The summed E-state index contributed by atoms with van der Waals surface area (Å²) in [5.74, 6) is 0. The molecule has 0 heterocycles. The van der Waals surface area contributed by atoms with Crippen LogP contribution in [0.4, 0.5) is 9.18 Å². The number of carbonyl (C=O) groups is 1. The predicted molar refractivity (Wildman–Crippen MR) is 72.5 cm³/mol. The van der Waals surface area contributed by atoms with Gasteiger partial charge in [0.05, 0.1) is 6.04 Å². The molecule has 0 saturated heterocycles. The minimum atomic E-state index is -1.36. The molecule has 1 aromatic carbocycles. The predicted octanol–water partition coefficient (Wildman–Crippen LogP) is 2.55. The first-order chi connectivity index (χ1) is 8.83. The number of alkyl carbamates (subject to hydrolysis) is 1. The highest BCUT2D eigenvalue weighted by atomic mass is 19.1. The van der Waals surface area contributed by atoms with Crippen molar-refractivity contribution in [3.05, 3.63) is 35.9 Å². The van der Waals surface area contributed by atoms with Crippen molar-refractivity contribution in [2.45, 2.75) is 38.6 Å². The van der Waals surface area contributed by atoms with Crippen molar-refractivity contribution in [3.63, 3.8) is 0 Å². The van der Waals surface area contributed by atoms with E-state index in [1.807, 2.05) is 0 Å². The van der Waals surface area contributed by atoms with E-state index in [0.717, 1.165) is 0 Å². The van der Waals surface area contributed by atoms with E-state index >= 15 is 0 Å². The van der Waals surface area contributed by atoms with Crippen LogP contribution in [0.3, 0.4) is 0 Å². The van der Waals surface area contributed by atoms with E-state index in [1.54, 1.807) is 51.1 Å². The third-order valence-corrected chi connectivity index (χ3v) is 2.43. The van der Waals surface area contributed by atoms with Gasteiger partial charge in [-0.2, -0.15) is 0 Å². The van der Waals surface area contributed by atoms with Crippen LogP contribution < -0.4 is 11.1 Å². The highest BCUT2D eigenvalue weighted by Crippen LogP contribution is 2.21. The minimum Gasteiger partial charge on any atom is -0.444 e. The largest absolute Gasteiger partial charge is 0.444 e. The number of alkyl halides is 1. The van der Waals surface area contributed by atoms with E-state index < -0.39 is 23.9 Å². The number of amides is 1. The third-order valence-electron chi connectivity index (χ3n) is 2.43. The summed E-state index contributed by atoms with van der Waals surface area (Å²) < 4.78 is 19.3. The molecule has 4 nitrogen and oxygen atoms in total. The summed E-state index contributed by atoms with van der Waals surface area (Å²) in [4.78, 5) is 11.6. The molecule has 1 aromatic rings. The summed E-state index contributed by atoms with van der Waals surface area (Å²) >= 11 is 0. The smallest absolute Gasteiger partial charge is 0.408 e. The van der Waals surface area contributed by atoms with Crippen LogP contribution in [0.2, 0.25) is 0 Å². The summed E-state index contributed by atoms with van der Waals surface area (Å²) in [6, 6.07) is 7.78. The Balaban J connectivity index is 2.66. The van der Waals surface area contributed by atoms with Crippen molar-refractivity contribution in [1.29, 1.82) is 0 Å². The average Bonchev–Trinajstić information content (AvgIpc) is 2.34. The third kappa shape index (κ3) is 5.26. The monoisotopic (exact) mass is 268 g/mol. The molecule has 0 aliphatic rings. The van der Waals surface area contributed by atoms with E-state index in [2.05, 4.69) is 5.32 Å². The Morgan fingerprint density at radius 1 is 1.37 bits per heavy atom. The molecule has 0 radical (unpaired) electrons. The fourth-order valence-corrected chi connectivity index (χ4v) is 1.58. The number of benzene rings is 1. The van der Waals surface area contributed by atoms with E-state index in [0.29, 0.717) is 5.56 Å². The lowest BCUT2D eigenvalue weighted by molar-refractivity contribution is 0.0476. The molecule has 2 atom stereocenters. The summed E-state index contributed by atoms with van der Waals surface area (Å²) in [5, 5.41) is 2.46. The summed E-state index contributed by atoms with van der Waals surface area (Å²) in [5.41, 5.74) is 5.37. The van der Waals surface area contributed by atoms with Crippen molar-refractivity contribution in [1.82, 2.24) is 5.32 Å². The van der Waals surface area contributed by atoms with Gasteiger partial charge >= 0.3 is 6.09 Å². The highest BCUT2D eigenvalue weighted by Gasteiger charge is 2.25. The standard InChI is InChI=1S/C14H21FN2O2/c1-14(2,3)19-13(18)17-11(9-16)12(15)10-7-5-4-6-8-10/h4-8,11-12H,9,16H2,1-3H3,(H,17,18). The maximum absolute atomic E-state index is 14.2. The van der Waals surface area contributed by atoms with E-state index in [-0.39, 0.29) is 6.54 Å². The van der Waals surface area contributed by atoms with Crippen LogP contribution in [-0.2, 0) is 4.74 Å². The second kappa shape index (κ2) is 6.52. The topological polar surface area (TPSA) is 64.3 Å². The van der Waals surface area contributed by atoms with Crippen molar-refractivity contribution in [2.24, 2.45) is 5.73 Å². The molecule has 0 aromatic heterocycles. The van der Waals surface area contributed by atoms with E-state index in [4.69, 9.17) is 10.5 Å². The molecule has 0 fully saturated rings. The maximum atomic E-state index is 14.2. The molecule has 2 unspecified atom stereocenters. The normalized spacial score (nSPS) is 14.6. The second-order valence-corrected chi connectivity index (χ2v) is 5.30. The first-order valence-electron chi connectivity index (χ1n) is 6.22. The van der Waals surface area contributed by atoms with Gasteiger partial charge in [0.2, 0.25) is 0 Å². The Bertz CT molecular complexity index is 404. The summed E-state index contributed by atoms with van der Waals surface area (Å²) in [6.07, 6.45) is -2.03. The van der Waals surface area contributed by atoms with E-state index in [9.17, 15) is 9.18 Å². The fourth-order valence-electron chi connectivity index (χ4n) is 1.58. The Kier molecular flexibility index (Phi) is 5.30. The van der Waals surface area contributed by atoms with Crippen LogP contribution in [0, 0.1) is 0 Å². The second-order valence-electron chi connectivity index (χ2n) is 5.30. The quantitative estimate of drug-likeness (QED) is 0.882. The van der Waals surface area contributed by atoms with Gasteiger partial charge in [-0.15, -0.1) is 0 Å². The molecule has 0 aliphatic carbocycles. The molecule has 0 bridgehead atoms. The molecule has 5 heteroatoms. The number of nitrogens with two attached hydrogens (primary N) is 1. The molecule has 0 spiro atoms. The minimum absolute atomic E-state index is 0.00466. The van der Waals surface area contributed by atoms with Crippen LogP contribution in [0.1, 0.15) is 32.5 Å². The molecule has 0 saturated carbocycles. The van der Waals surface area contributed by atoms with Gasteiger partial charge in [0.1, 0.15) is 11.8 Å². The number of ether oxygens (including phenoxy) is 1. The summed E-state index contributed by atoms with van der Waals surface area (Å²) in [6.45, 7) is 5.23. The molecule has 3 N–H and O–H groups in total. The molecule has 19 heavy (non-hydrogen) atoms. The highest BCUT2D eigenvalue weighted by molar-refractivity contribution is 5.68. The van der Waals surface area contributed by atoms with Crippen LogP contribution in [0.5, 0.6) is 0 Å². The number of nitrogens with one attached hydrogen (secondary N) is 1.